The summed E-state index contributed by atoms with van der Waals surface area (Å²) < 4.78 is 22.9. The number of anilines is 2. The van der Waals surface area contributed by atoms with Gasteiger partial charge < -0.3 is 5.32 Å². The van der Waals surface area contributed by atoms with Gasteiger partial charge in [0.1, 0.15) is 11.6 Å². The van der Waals surface area contributed by atoms with Crippen LogP contribution in [0.1, 0.15) is 18.9 Å². The van der Waals surface area contributed by atoms with Crippen molar-refractivity contribution in [3.63, 3.8) is 0 Å². The molecule has 0 spiro atoms. The number of nitriles is 1. The summed E-state index contributed by atoms with van der Waals surface area (Å²) >= 11 is 7.48. The molecule has 0 saturated heterocycles. The highest BCUT2D eigenvalue weighted by molar-refractivity contribution is 7.99. The second-order valence-electron chi connectivity index (χ2n) is 6.24. The highest BCUT2D eigenvalue weighted by atomic mass is 35.5. The lowest BCUT2D eigenvalue weighted by molar-refractivity contribution is 0.598. The number of rotatable bonds is 7. The maximum absolute atomic E-state index is 11.5. The minimum Gasteiger partial charge on any atom is -0.339 e. The molecule has 0 amide bonds. The van der Waals surface area contributed by atoms with E-state index < -0.39 is 10.0 Å². The SMILES string of the molecule is CCCSc1nc(Nc2ccc(S(N)(=O)=O)cc2)c(C#N)c(-c2ccc(Cl)cc2)n1. The molecule has 0 unspecified atom stereocenters. The minimum atomic E-state index is -3.79. The fourth-order valence-electron chi connectivity index (χ4n) is 2.58. The molecule has 10 heteroatoms. The molecule has 0 fully saturated rings. The molecule has 7 nitrogen and oxygen atoms in total. The summed E-state index contributed by atoms with van der Waals surface area (Å²) in [4.78, 5) is 9.08. The summed E-state index contributed by atoms with van der Waals surface area (Å²) in [5.74, 6) is 1.16. The second-order valence-corrected chi connectivity index (χ2v) is 9.30. The molecule has 0 atom stereocenters. The smallest absolute Gasteiger partial charge is 0.238 e. The first kappa shape index (κ1) is 22.1. The molecule has 0 aliphatic rings. The maximum Gasteiger partial charge on any atom is 0.238 e. The maximum atomic E-state index is 11.5. The van der Waals surface area contributed by atoms with Gasteiger partial charge in [0.25, 0.3) is 0 Å². The van der Waals surface area contributed by atoms with Crippen molar-refractivity contribution in [3.8, 4) is 17.3 Å². The van der Waals surface area contributed by atoms with Gasteiger partial charge in [-0.15, -0.1) is 0 Å². The van der Waals surface area contributed by atoms with E-state index in [0.717, 1.165) is 17.7 Å². The highest BCUT2D eigenvalue weighted by Gasteiger charge is 2.17. The van der Waals surface area contributed by atoms with E-state index in [4.69, 9.17) is 16.7 Å². The zero-order chi connectivity index (χ0) is 21.7. The third kappa shape index (κ3) is 5.29. The van der Waals surface area contributed by atoms with Gasteiger partial charge in [-0.1, -0.05) is 42.4 Å². The van der Waals surface area contributed by atoms with E-state index in [1.54, 1.807) is 36.4 Å². The number of nitrogens with two attached hydrogens (primary N) is 1. The Morgan fingerprint density at radius 2 is 1.80 bits per heavy atom. The molecule has 0 aliphatic heterocycles. The van der Waals surface area contributed by atoms with Gasteiger partial charge in [-0.2, -0.15) is 5.26 Å². The van der Waals surface area contributed by atoms with Crippen LogP contribution in [-0.4, -0.2) is 24.1 Å². The predicted octanol–water partition coefficient (Wildman–Crippen LogP) is 4.56. The van der Waals surface area contributed by atoms with Crippen molar-refractivity contribution in [2.24, 2.45) is 5.14 Å². The fourth-order valence-corrected chi connectivity index (χ4v) is 3.92. The second kappa shape index (κ2) is 9.45. The van der Waals surface area contributed by atoms with Crippen molar-refractivity contribution < 1.29 is 8.42 Å². The number of thioether (sulfide) groups is 1. The van der Waals surface area contributed by atoms with Gasteiger partial charge in [-0.25, -0.2) is 23.5 Å². The Bertz CT molecular complexity index is 1190. The van der Waals surface area contributed by atoms with Gasteiger partial charge in [0.05, 0.1) is 10.6 Å². The number of hydrogen-bond donors (Lipinski definition) is 2. The Balaban J connectivity index is 2.06. The van der Waals surface area contributed by atoms with Crippen LogP contribution >= 0.6 is 23.4 Å². The van der Waals surface area contributed by atoms with Crippen LogP contribution in [0, 0.1) is 11.3 Å². The molecule has 0 saturated carbocycles. The summed E-state index contributed by atoms with van der Waals surface area (Å²) in [6.07, 6.45) is 0.947. The van der Waals surface area contributed by atoms with Crippen molar-refractivity contribution in [1.29, 1.82) is 5.26 Å². The number of aromatic nitrogens is 2. The number of nitrogens with one attached hydrogen (secondary N) is 1. The highest BCUT2D eigenvalue weighted by Crippen LogP contribution is 2.31. The van der Waals surface area contributed by atoms with Crippen LogP contribution in [0.4, 0.5) is 11.5 Å². The van der Waals surface area contributed by atoms with E-state index in [0.29, 0.717) is 27.4 Å². The lowest BCUT2D eigenvalue weighted by Gasteiger charge is -2.13. The summed E-state index contributed by atoms with van der Waals surface area (Å²) in [6.45, 7) is 2.06. The number of benzene rings is 2. The van der Waals surface area contributed by atoms with Crippen LogP contribution in [0.3, 0.4) is 0 Å². The number of sulfonamides is 1. The largest absolute Gasteiger partial charge is 0.339 e. The van der Waals surface area contributed by atoms with Crippen molar-refractivity contribution in [2.45, 2.75) is 23.4 Å². The molecule has 30 heavy (non-hydrogen) atoms. The van der Waals surface area contributed by atoms with E-state index >= 15 is 0 Å². The number of nitrogens with zero attached hydrogens (tertiary/aromatic N) is 3. The Morgan fingerprint density at radius 1 is 1.13 bits per heavy atom. The number of primary sulfonamides is 1. The average molecular weight is 460 g/mol. The van der Waals surface area contributed by atoms with Gasteiger partial charge in [0.15, 0.2) is 11.0 Å². The zero-order valence-corrected chi connectivity index (χ0v) is 18.4. The van der Waals surface area contributed by atoms with Crippen molar-refractivity contribution >= 4 is 44.9 Å². The molecule has 0 bridgehead atoms. The quantitative estimate of drug-likeness (QED) is 0.392. The minimum absolute atomic E-state index is 0.00251. The predicted molar refractivity (Wildman–Crippen MR) is 119 cm³/mol. The molecule has 154 valence electrons. The Hall–Kier alpha value is -2.64. The standard InChI is InChI=1S/C20H18ClN5O2S2/c1-2-11-29-20-25-18(13-3-5-14(21)6-4-13)17(12-22)19(26-20)24-15-7-9-16(10-8-15)30(23,27)28/h3-10H,2,11H2,1H3,(H2,23,27,28)(H,24,25,26). The Morgan fingerprint density at radius 3 is 2.37 bits per heavy atom. The first-order valence-electron chi connectivity index (χ1n) is 8.92. The van der Waals surface area contributed by atoms with Crippen molar-refractivity contribution in [3.05, 3.63) is 59.1 Å². The fraction of sp³-hybridized carbons (Fsp3) is 0.150. The van der Waals surface area contributed by atoms with Gasteiger partial charge in [-0.05, 0) is 42.8 Å². The summed E-state index contributed by atoms with van der Waals surface area (Å²) in [6, 6.07) is 15.1. The Labute approximate surface area is 184 Å². The lowest BCUT2D eigenvalue weighted by atomic mass is 10.1. The molecule has 3 N–H and O–H groups in total. The van der Waals surface area contributed by atoms with Crippen LogP contribution in [0.5, 0.6) is 0 Å². The first-order valence-corrected chi connectivity index (χ1v) is 11.8. The van der Waals surface area contributed by atoms with Gasteiger partial charge in [0.2, 0.25) is 10.0 Å². The molecule has 3 rings (SSSR count). The lowest BCUT2D eigenvalue weighted by Crippen LogP contribution is -2.12. The summed E-state index contributed by atoms with van der Waals surface area (Å²) in [7, 11) is -3.79. The summed E-state index contributed by atoms with van der Waals surface area (Å²) in [5.41, 5.74) is 2.07. The van der Waals surface area contributed by atoms with Crippen molar-refractivity contribution in [2.75, 3.05) is 11.1 Å². The van der Waals surface area contributed by atoms with Gasteiger partial charge in [0, 0.05) is 22.0 Å². The molecule has 1 aromatic heterocycles. The van der Waals surface area contributed by atoms with Crippen molar-refractivity contribution in [1.82, 2.24) is 9.97 Å². The van der Waals surface area contributed by atoms with Gasteiger partial charge >= 0.3 is 0 Å². The monoisotopic (exact) mass is 459 g/mol. The van der Waals surface area contributed by atoms with E-state index in [2.05, 4.69) is 28.3 Å². The first-order chi connectivity index (χ1) is 14.3. The van der Waals surface area contributed by atoms with E-state index in [9.17, 15) is 13.7 Å². The van der Waals surface area contributed by atoms with Crippen LogP contribution < -0.4 is 10.5 Å². The normalized spacial score (nSPS) is 11.1. The third-order valence-corrected chi connectivity index (χ3v) is 6.23. The van der Waals surface area contributed by atoms with Crippen LogP contribution in [0.2, 0.25) is 5.02 Å². The van der Waals surface area contributed by atoms with Crippen LogP contribution in [0.25, 0.3) is 11.3 Å². The molecular weight excluding hydrogens is 442 g/mol. The number of halogens is 1. The zero-order valence-electron chi connectivity index (χ0n) is 16.0. The molecule has 0 radical (unpaired) electrons. The van der Waals surface area contributed by atoms with Crippen LogP contribution in [-0.2, 0) is 10.0 Å². The van der Waals surface area contributed by atoms with E-state index in [-0.39, 0.29) is 10.5 Å². The Kier molecular flexibility index (Phi) is 6.95. The van der Waals surface area contributed by atoms with Gasteiger partial charge in [-0.3, -0.25) is 0 Å². The van der Waals surface area contributed by atoms with Crippen LogP contribution in [0.15, 0.2) is 58.6 Å². The molecule has 1 heterocycles. The molecule has 3 aromatic rings. The van der Waals surface area contributed by atoms with E-state index in [1.807, 2.05) is 0 Å². The molecule has 2 aromatic carbocycles. The number of hydrogen-bond acceptors (Lipinski definition) is 7. The molecular formula is C20H18ClN5O2S2. The average Bonchev–Trinajstić information content (AvgIpc) is 2.72. The van der Waals surface area contributed by atoms with E-state index in [1.165, 1.54) is 23.9 Å². The molecule has 0 aliphatic carbocycles. The third-order valence-electron chi connectivity index (χ3n) is 4.00. The topological polar surface area (TPSA) is 122 Å². The summed E-state index contributed by atoms with van der Waals surface area (Å²) in [5, 5.41) is 19.2.